The Kier molecular flexibility index (Phi) is 3.59. The van der Waals surface area contributed by atoms with Gasteiger partial charge in [0, 0.05) is 34.3 Å². The molecule has 3 heterocycles. The van der Waals surface area contributed by atoms with Crippen molar-refractivity contribution >= 4 is 39.0 Å². The van der Waals surface area contributed by atoms with Gasteiger partial charge in [-0.2, -0.15) is 11.8 Å². The number of H-pyrrole nitrogens is 1. The zero-order chi connectivity index (χ0) is 11.7. The van der Waals surface area contributed by atoms with Crippen LogP contribution in [0.3, 0.4) is 0 Å². The Morgan fingerprint density at radius 2 is 2.47 bits per heavy atom. The molecule has 0 aliphatic carbocycles. The van der Waals surface area contributed by atoms with Crippen LogP contribution in [0.5, 0.6) is 0 Å². The molecule has 3 rings (SSSR count). The first-order chi connectivity index (χ1) is 8.33. The van der Waals surface area contributed by atoms with Crippen LogP contribution in [-0.2, 0) is 18.6 Å². The molecule has 0 saturated carbocycles. The smallest absolute Gasteiger partial charge is 0.107 e. The number of rotatable bonds is 3. The molecule has 2 aromatic rings. The number of hydrogen-bond donors (Lipinski definition) is 1. The maximum absolute atomic E-state index is 4.28. The van der Waals surface area contributed by atoms with Gasteiger partial charge in [-0.1, -0.05) is 15.9 Å². The van der Waals surface area contributed by atoms with E-state index in [-0.39, 0.29) is 0 Å². The van der Waals surface area contributed by atoms with Crippen LogP contribution in [-0.4, -0.2) is 15.7 Å². The number of hydrogen-bond acceptors (Lipinski definition) is 3. The zero-order valence-corrected chi connectivity index (χ0v) is 12.5. The molecule has 0 saturated heterocycles. The summed E-state index contributed by atoms with van der Waals surface area (Å²) in [5.74, 6) is 3.51. The Hall–Kier alpha value is -0.260. The fourth-order valence-corrected chi connectivity index (χ4v) is 5.08. The number of fused-ring (bicyclic) bond motifs is 1. The van der Waals surface area contributed by atoms with E-state index in [4.69, 9.17) is 0 Å². The SMILES string of the molecule is BrC(Cc1ncc[nH]1)c1cc2c(s1)CCSC2. The third kappa shape index (κ3) is 2.61. The number of imidazole rings is 1. The van der Waals surface area contributed by atoms with Crippen molar-refractivity contribution in [2.75, 3.05) is 5.75 Å². The van der Waals surface area contributed by atoms with E-state index in [1.807, 2.05) is 35.5 Å². The van der Waals surface area contributed by atoms with E-state index >= 15 is 0 Å². The van der Waals surface area contributed by atoms with Gasteiger partial charge in [-0.05, 0) is 23.8 Å². The van der Waals surface area contributed by atoms with Crippen LogP contribution in [0.1, 0.15) is 26.0 Å². The average Bonchev–Trinajstić information content (AvgIpc) is 2.96. The maximum Gasteiger partial charge on any atom is 0.107 e. The third-order valence-corrected chi connectivity index (χ3v) is 6.36. The minimum Gasteiger partial charge on any atom is -0.349 e. The molecule has 0 radical (unpaired) electrons. The lowest BCUT2D eigenvalue weighted by Gasteiger charge is -2.08. The normalized spacial score (nSPS) is 16.8. The molecule has 0 bridgehead atoms. The summed E-state index contributed by atoms with van der Waals surface area (Å²) in [6.07, 6.45) is 5.86. The van der Waals surface area contributed by atoms with E-state index in [9.17, 15) is 0 Å². The van der Waals surface area contributed by atoms with E-state index in [2.05, 4.69) is 32.0 Å². The monoisotopic (exact) mass is 328 g/mol. The van der Waals surface area contributed by atoms with Crippen molar-refractivity contribution in [2.45, 2.75) is 23.4 Å². The topological polar surface area (TPSA) is 28.7 Å². The summed E-state index contributed by atoms with van der Waals surface area (Å²) in [7, 11) is 0. The van der Waals surface area contributed by atoms with Gasteiger partial charge in [-0.25, -0.2) is 4.98 Å². The number of aryl methyl sites for hydroxylation is 1. The number of thiophene rings is 1. The highest BCUT2D eigenvalue weighted by molar-refractivity contribution is 9.09. The molecule has 17 heavy (non-hydrogen) atoms. The minimum absolute atomic E-state index is 0.384. The molecule has 2 nitrogen and oxygen atoms in total. The van der Waals surface area contributed by atoms with Gasteiger partial charge in [-0.15, -0.1) is 11.3 Å². The van der Waals surface area contributed by atoms with Crippen molar-refractivity contribution in [1.82, 2.24) is 9.97 Å². The standard InChI is InChI=1S/C12H13BrN2S2/c13-9(6-12-14-2-3-15-12)11-5-8-7-16-4-1-10(8)17-11/h2-3,5,9H,1,4,6-7H2,(H,14,15). The number of aromatic nitrogens is 2. The summed E-state index contributed by atoms with van der Waals surface area (Å²) in [4.78, 5) is 10.8. The Morgan fingerprint density at radius 3 is 3.24 bits per heavy atom. The highest BCUT2D eigenvalue weighted by Crippen LogP contribution is 2.38. The predicted molar refractivity (Wildman–Crippen MR) is 78.1 cm³/mol. The van der Waals surface area contributed by atoms with E-state index in [1.165, 1.54) is 22.8 Å². The average molecular weight is 329 g/mol. The molecule has 2 aromatic heterocycles. The number of alkyl halides is 1. The van der Waals surface area contributed by atoms with Gasteiger partial charge in [0.05, 0.1) is 4.83 Å². The van der Waals surface area contributed by atoms with E-state index in [0.29, 0.717) is 4.83 Å². The molecule has 1 aliphatic rings. The second-order valence-electron chi connectivity index (χ2n) is 4.11. The maximum atomic E-state index is 4.28. The summed E-state index contributed by atoms with van der Waals surface area (Å²) in [6.45, 7) is 0. The number of halogens is 1. The van der Waals surface area contributed by atoms with Crippen LogP contribution in [0.15, 0.2) is 18.5 Å². The molecule has 0 aromatic carbocycles. The summed E-state index contributed by atoms with van der Waals surface area (Å²) >= 11 is 7.78. The molecular weight excluding hydrogens is 316 g/mol. The van der Waals surface area contributed by atoms with Gasteiger partial charge in [-0.3, -0.25) is 0 Å². The molecule has 1 unspecified atom stereocenters. The largest absolute Gasteiger partial charge is 0.349 e. The van der Waals surface area contributed by atoms with Crippen molar-refractivity contribution in [2.24, 2.45) is 0 Å². The van der Waals surface area contributed by atoms with Gasteiger partial charge in [0.15, 0.2) is 0 Å². The first kappa shape index (κ1) is 11.8. The number of aromatic amines is 1. The Balaban J connectivity index is 1.77. The highest BCUT2D eigenvalue weighted by atomic mass is 79.9. The fraction of sp³-hybridized carbons (Fsp3) is 0.417. The molecule has 0 amide bonds. The van der Waals surface area contributed by atoms with E-state index in [1.54, 1.807) is 10.4 Å². The third-order valence-electron chi connectivity index (χ3n) is 2.88. The highest BCUT2D eigenvalue weighted by Gasteiger charge is 2.18. The lowest BCUT2D eigenvalue weighted by atomic mass is 10.2. The van der Waals surface area contributed by atoms with E-state index < -0.39 is 0 Å². The molecular formula is C12H13BrN2S2. The summed E-state index contributed by atoms with van der Waals surface area (Å²) in [5.41, 5.74) is 1.55. The molecule has 1 aliphatic heterocycles. The van der Waals surface area contributed by atoms with Gasteiger partial charge < -0.3 is 4.98 Å². The van der Waals surface area contributed by atoms with Gasteiger partial charge in [0.1, 0.15) is 5.82 Å². The van der Waals surface area contributed by atoms with Crippen LogP contribution in [0.2, 0.25) is 0 Å². The van der Waals surface area contributed by atoms with Gasteiger partial charge in [0.2, 0.25) is 0 Å². The summed E-state index contributed by atoms with van der Waals surface area (Å²) < 4.78 is 0. The molecule has 1 atom stereocenters. The second-order valence-corrected chi connectivity index (χ2v) is 7.49. The quantitative estimate of drug-likeness (QED) is 0.864. The van der Waals surface area contributed by atoms with Crippen LogP contribution < -0.4 is 0 Å². The molecule has 90 valence electrons. The van der Waals surface area contributed by atoms with E-state index in [0.717, 1.165) is 12.2 Å². The summed E-state index contributed by atoms with van der Waals surface area (Å²) in [5, 5.41) is 0. The zero-order valence-electron chi connectivity index (χ0n) is 9.28. The second kappa shape index (κ2) is 5.16. The molecule has 1 N–H and O–H groups in total. The van der Waals surface area contributed by atoms with Crippen molar-refractivity contribution < 1.29 is 0 Å². The van der Waals surface area contributed by atoms with Crippen LogP contribution in [0, 0.1) is 0 Å². The van der Waals surface area contributed by atoms with Gasteiger partial charge in [0.25, 0.3) is 0 Å². The van der Waals surface area contributed by atoms with Crippen molar-refractivity contribution in [3.05, 3.63) is 39.6 Å². The van der Waals surface area contributed by atoms with Crippen LogP contribution in [0.4, 0.5) is 0 Å². The Morgan fingerprint density at radius 1 is 1.53 bits per heavy atom. The number of thioether (sulfide) groups is 1. The molecule has 0 spiro atoms. The first-order valence-electron chi connectivity index (χ1n) is 5.64. The van der Waals surface area contributed by atoms with Crippen molar-refractivity contribution in [1.29, 1.82) is 0 Å². The Labute approximate surface area is 117 Å². The van der Waals surface area contributed by atoms with Crippen LogP contribution in [0.25, 0.3) is 0 Å². The molecule has 0 fully saturated rings. The van der Waals surface area contributed by atoms with Crippen molar-refractivity contribution in [3.63, 3.8) is 0 Å². The first-order valence-corrected chi connectivity index (χ1v) is 8.53. The minimum atomic E-state index is 0.384. The number of nitrogens with zero attached hydrogens (tertiary/aromatic N) is 1. The lowest BCUT2D eigenvalue weighted by molar-refractivity contribution is 0.888. The number of nitrogens with one attached hydrogen (secondary N) is 1. The summed E-state index contributed by atoms with van der Waals surface area (Å²) in [6, 6.07) is 2.37. The van der Waals surface area contributed by atoms with Gasteiger partial charge >= 0.3 is 0 Å². The molecule has 5 heteroatoms. The Bertz CT molecular complexity index is 469. The predicted octanol–water partition coefficient (Wildman–Crippen LogP) is 3.94. The lowest BCUT2D eigenvalue weighted by Crippen LogP contribution is -1.96. The van der Waals surface area contributed by atoms with Crippen LogP contribution >= 0.6 is 39.0 Å². The van der Waals surface area contributed by atoms with Crippen molar-refractivity contribution in [3.8, 4) is 0 Å². The fourth-order valence-electron chi connectivity index (χ4n) is 2.00.